The summed E-state index contributed by atoms with van der Waals surface area (Å²) in [6.07, 6.45) is 0.00176. The van der Waals surface area contributed by atoms with Crippen LogP contribution in [0.15, 0.2) is 24.3 Å². The van der Waals surface area contributed by atoms with Crippen LogP contribution in [-0.2, 0) is 20.7 Å². The number of carboxylic acid groups (broad SMARTS) is 1. The van der Waals surface area contributed by atoms with E-state index in [0.29, 0.717) is 12.2 Å². The van der Waals surface area contributed by atoms with Gasteiger partial charge in [-0.05, 0) is 5.56 Å². The Bertz CT molecular complexity index is 556. The summed E-state index contributed by atoms with van der Waals surface area (Å²) in [6, 6.07) is 4.63. The molecule has 1 amide bonds. The predicted molar refractivity (Wildman–Crippen MR) is 70.8 cm³/mol. The Morgan fingerprint density at radius 1 is 1.38 bits per heavy atom. The van der Waals surface area contributed by atoms with E-state index in [-0.39, 0.29) is 31.2 Å². The molecule has 8 nitrogen and oxygen atoms in total. The number of carbonyl (C=O) groups is 2. The van der Waals surface area contributed by atoms with Crippen molar-refractivity contribution < 1.29 is 24.4 Å². The van der Waals surface area contributed by atoms with Crippen molar-refractivity contribution in [1.82, 2.24) is 4.90 Å². The lowest BCUT2D eigenvalue weighted by Crippen LogP contribution is -2.53. The van der Waals surface area contributed by atoms with Crippen LogP contribution in [0.25, 0.3) is 0 Å². The third-order valence-corrected chi connectivity index (χ3v) is 3.24. The van der Waals surface area contributed by atoms with Crippen molar-refractivity contribution in [2.45, 2.75) is 12.5 Å². The van der Waals surface area contributed by atoms with E-state index in [1.54, 1.807) is 0 Å². The largest absolute Gasteiger partial charge is 0.480 e. The molecule has 1 fully saturated rings. The number of carbonyl (C=O) groups excluding carboxylic acids is 1. The zero-order valence-corrected chi connectivity index (χ0v) is 11.1. The number of amides is 1. The van der Waals surface area contributed by atoms with Crippen LogP contribution in [0.2, 0.25) is 0 Å². The molecule has 0 aromatic heterocycles. The molecule has 8 heteroatoms. The molecule has 1 aliphatic rings. The number of nitro groups is 1. The van der Waals surface area contributed by atoms with E-state index in [1.165, 1.54) is 29.2 Å². The number of nitro benzene ring substituents is 1. The second-order valence-electron chi connectivity index (χ2n) is 4.62. The molecular formula is C13H14N2O6. The molecule has 1 aromatic carbocycles. The van der Waals surface area contributed by atoms with Crippen LogP contribution in [0.1, 0.15) is 5.56 Å². The number of nitrogens with zero attached hydrogens (tertiary/aromatic N) is 2. The maximum atomic E-state index is 12.2. The third kappa shape index (κ3) is 3.54. The molecule has 1 N–H and O–H groups in total. The summed E-state index contributed by atoms with van der Waals surface area (Å²) in [5.74, 6) is -1.44. The molecule has 112 valence electrons. The van der Waals surface area contributed by atoms with Crippen molar-refractivity contribution in [3.8, 4) is 0 Å². The van der Waals surface area contributed by atoms with Crippen molar-refractivity contribution in [3.05, 3.63) is 39.9 Å². The molecule has 1 atom stereocenters. The van der Waals surface area contributed by atoms with E-state index in [9.17, 15) is 19.7 Å². The summed E-state index contributed by atoms with van der Waals surface area (Å²) in [6.45, 7) is 0.500. The van der Waals surface area contributed by atoms with Gasteiger partial charge in [0.15, 0.2) is 6.04 Å². The van der Waals surface area contributed by atoms with E-state index in [4.69, 9.17) is 9.84 Å². The smallest absolute Gasteiger partial charge is 0.328 e. The molecule has 1 heterocycles. The van der Waals surface area contributed by atoms with E-state index in [2.05, 4.69) is 0 Å². The van der Waals surface area contributed by atoms with Crippen LogP contribution in [0, 0.1) is 10.1 Å². The quantitative estimate of drug-likeness (QED) is 0.637. The van der Waals surface area contributed by atoms with Crippen LogP contribution in [0.5, 0.6) is 0 Å². The molecule has 1 saturated heterocycles. The molecule has 0 saturated carbocycles. The van der Waals surface area contributed by atoms with Gasteiger partial charge >= 0.3 is 5.97 Å². The van der Waals surface area contributed by atoms with Crippen molar-refractivity contribution in [3.63, 3.8) is 0 Å². The highest BCUT2D eigenvalue weighted by molar-refractivity contribution is 5.85. The summed E-state index contributed by atoms with van der Waals surface area (Å²) >= 11 is 0. The minimum Gasteiger partial charge on any atom is -0.480 e. The van der Waals surface area contributed by atoms with Gasteiger partial charge in [-0.15, -0.1) is 0 Å². The van der Waals surface area contributed by atoms with Gasteiger partial charge in [0.1, 0.15) is 0 Å². The lowest BCUT2D eigenvalue weighted by molar-refractivity contribution is -0.384. The Hall–Kier alpha value is -2.48. The van der Waals surface area contributed by atoms with Gasteiger partial charge in [0.25, 0.3) is 5.69 Å². The number of benzene rings is 1. The second-order valence-corrected chi connectivity index (χ2v) is 4.62. The lowest BCUT2D eigenvalue weighted by atomic mass is 10.1. The Kier molecular flexibility index (Phi) is 4.49. The first-order valence-corrected chi connectivity index (χ1v) is 6.32. The molecule has 1 aromatic rings. The minimum absolute atomic E-state index is 0.00176. The van der Waals surface area contributed by atoms with Gasteiger partial charge in [0, 0.05) is 18.7 Å². The third-order valence-electron chi connectivity index (χ3n) is 3.24. The Labute approximate surface area is 120 Å². The van der Waals surface area contributed by atoms with Crippen molar-refractivity contribution in [2.24, 2.45) is 0 Å². The molecule has 0 radical (unpaired) electrons. The number of carboxylic acids is 1. The van der Waals surface area contributed by atoms with E-state index in [0.717, 1.165) is 0 Å². The van der Waals surface area contributed by atoms with Gasteiger partial charge in [-0.3, -0.25) is 14.9 Å². The highest BCUT2D eigenvalue weighted by atomic mass is 16.6. The van der Waals surface area contributed by atoms with Gasteiger partial charge in [-0.25, -0.2) is 4.79 Å². The normalized spacial score (nSPS) is 18.3. The first-order valence-electron chi connectivity index (χ1n) is 6.32. The molecule has 0 bridgehead atoms. The van der Waals surface area contributed by atoms with Crippen LogP contribution < -0.4 is 0 Å². The van der Waals surface area contributed by atoms with Crippen molar-refractivity contribution >= 4 is 17.6 Å². The fraction of sp³-hybridized carbons (Fsp3) is 0.385. The summed E-state index contributed by atoms with van der Waals surface area (Å²) in [5, 5.41) is 19.6. The number of ether oxygens (including phenoxy) is 1. The molecule has 1 unspecified atom stereocenters. The second kappa shape index (κ2) is 6.31. The molecule has 0 spiro atoms. The topological polar surface area (TPSA) is 110 Å². The average molecular weight is 294 g/mol. The van der Waals surface area contributed by atoms with E-state index >= 15 is 0 Å². The maximum absolute atomic E-state index is 12.2. The summed E-state index contributed by atoms with van der Waals surface area (Å²) in [4.78, 5) is 34.6. The van der Waals surface area contributed by atoms with Gasteiger partial charge in [-0.1, -0.05) is 12.1 Å². The van der Waals surface area contributed by atoms with Gasteiger partial charge in [0.05, 0.1) is 24.6 Å². The van der Waals surface area contributed by atoms with Crippen LogP contribution in [0.4, 0.5) is 5.69 Å². The Morgan fingerprint density at radius 2 is 2.05 bits per heavy atom. The standard InChI is InChI=1S/C13H14N2O6/c16-12(14-5-6-21-8-11(14)13(17)18)7-9-1-3-10(4-2-9)15(19)20/h1-4,11H,5-8H2,(H,17,18). The molecule has 0 aliphatic carbocycles. The zero-order valence-electron chi connectivity index (χ0n) is 11.1. The fourth-order valence-electron chi connectivity index (χ4n) is 2.12. The number of rotatable bonds is 4. The van der Waals surface area contributed by atoms with Crippen LogP contribution >= 0.6 is 0 Å². The average Bonchev–Trinajstić information content (AvgIpc) is 2.47. The number of morpholine rings is 1. The summed E-state index contributed by atoms with van der Waals surface area (Å²) < 4.78 is 5.07. The Morgan fingerprint density at radius 3 is 2.62 bits per heavy atom. The monoisotopic (exact) mass is 294 g/mol. The van der Waals surface area contributed by atoms with Gasteiger partial charge < -0.3 is 14.7 Å². The first kappa shape index (κ1) is 14.9. The summed E-state index contributed by atoms with van der Waals surface area (Å²) in [5.41, 5.74) is 0.544. The van der Waals surface area contributed by atoms with Crippen LogP contribution in [-0.4, -0.2) is 52.6 Å². The highest BCUT2D eigenvalue weighted by Gasteiger charge is 2.32. The van der Waals surface area contributed by atoms with E-state index in [1.807, 2.05) is 0 Å². The molecular weight excluding hydrogens is 280 g/mol. The predicted octanol–water partition coefficient (Wildman–Crippen LogP) is 0.449. The van der Waals surface area contributed by atoms with Gasteiger partial charge in [0.2, 0.25) is 5.91 Å². The molecule has 21 heavy (non-hydrogen) atoms. The van der Waals surface area contributed by atoms with Crippen molar-refractivity contribution in [1.29, 1.82) is 0 Å². The van der Waals surface area contributed by atoms with Crippen molar-refractivity contribution in [2.75, 3.05) is 19.8 Å². The molecule has 1 aliphatic heterocycles. The number of hydrogen-bond donors (Lipinski definition) is 1. The maximum Gasteiger partial charge on any atom is 0.328 e. The zero-order chi connectivity index (χ0) is 15.4. The lowest BCUT2D eigenvalue weighted by Gasteiger charge is -2.32. The van der Waals surface area contributed by atoms with E-state index < -0.39 is 16.9 Å². The molecule has 2 rings (SSSR count). The van der Waals surface area contributed by atoms with Crippen LogP contribution in [0.3, 0.4) is 0 Å². The summed E-state index contributed by atoms with van der Waals surface area (Å²) in [7, 11) is 0. The SMILES string of the molecule is O=C(O)C1COCCN1C(=O)Cc1ccc([N+](=O)[O-])cc1. The number of hydrogen-bond acceptors (Lipinski definition) is 5. The minimum atomic E-state index is -1.10. The van der Waals surface area contributed by atoms with Gasteiger partial charge in [-0.2, -0.15) is 0 Å². The highest BCUT2D eigenvalue weighted by Crippen LogP contribution is 2.15. The Balaban J connectivity index is 2.05. The number of non-ortho nitro benzene ring substituents is 1. The fourth-order valence-corrected chi connectivity index (χ4v) is 2.12. The first-order chi connectivity index (χ1) is 9.99. The number of aliphatic carboxylic acids is 1.